The van der Waals surface area contributed by atoms with Crippen LogP contribution >= 0.6 is 11.8 Å². The molecule has 0 fully saturated rings. The van der Waals surface area contributed by atoms with Gasteiger partial charge < -0.3 is 14.6 Å². The lowest BCUT2D eigenvalue weighted by Crippen LogP contribution is -2.15. The van der Waals surface area contributed by atoms with Crippen LogP contribution in [0.2, 0.25) is 0 Å². The van der Waals surface area contributed by atoms with E-state index in [0.717, 1.165) is 31.0 Å². The number of esters is 1. The number of nitrogens with zero attached hydrogens (tertiary/aromatic N) is 3. The summed E-state index contributed by atoms with van der Waals surface area (Å²) >= 11 is 1.36. The molecule has 1 amide bonds. The van der Waals surface area contributed by atoms with Crippen molar-refractivity contribution in [1.82, 2.24) is 14.8 Å². The second kappa shape index (κ2) is 10.6. The van der Waals surface area contributed by atoms with Crippen LogP contribution in [0, 0.1) is 0 Å². The number of rotatable bonds is 10. The Bertz CT molecular complexity index is 715. The molecule has 0 radical (unpaired) electrons. The van der Waals surface area contributed by atoms with Gasteiger partial charge in [0, 0.05) is 12.2 Å². The van der Waals surface area contributed by atoms with Gasteiger partial charge in [0.15, 0.2) is 5.16 Å². The van der Waals surface area contributed by atoms with Crippen molar-refractivity contribution in [1.29, 1.82) is 0 Å². The summed E-state index contributed by atoms with van der Waals surface area (Å²) < 4.78 is 6.90. The number of amides is 1. The first kappa shape index (κ1) is 20.0. The number of thioether (sulfide) groups is 1. The Labute approximate surface area is 157 Å². The standard InChI is InChI=1S/C18H24N4O3S/c1-3-5-6-11-22-13-19-21-18(22)26-12-16(23)20-15-9-7-14(8-10-15)17(24)25-4-2/h7-10,13H,3-6,11-12H2,1-2H3,(H,20,23). The highest BCUT2D eigenvalue weighted by Crippen LogP contribution is 2.17. The van der Waals surface area contributed by atoms with Gasteiger partial charge in [0.25, 0.3) is 0 Å². The SMILES string of the molecule is CCCCCn1cnnc1SCC(=O)Nc1ccc(C(=O)OCC)cc1. The number of hydrogen-bond donors (Lipinski definition) is 1. The smallest absolute Gasteiger partial charge is 0.338 e. The maximum absolute atomic E-state index is 12.1. The number of nitrogens with one attached hydrogen (secondary N) is 1. The van der Waals surface area contributed by atoms with E-state index in [1.54, 1.807) is 37.5 Å². The third-order valence-electron chi connectivity index (χ3n) is 3.59. The van der Waals surface area contributed by atoms with Crippen LogP contribution in [0.1, 0.15) is 43.5 Å². The monoisotopic (exact) mass is 376 g/mol. The number of hydrogen-bond acceptors (Lipinski definition) is 6. The largest absolute Gasteiger partial charge is 0.462 e. The summed E-state index contributed by atoms with van der Waals surface area (Å²) in [5.41, 5.74) is 1.09. The van der Waals surface area contributed by atoms with Gasteiger partial charge in [-0.05, 0) is 37.6 Å². The van der Waals surface area contributed by atoms with Gasteiger partial charge in [0.1, 0.15) is 6.33 Å². The van der Waals surface area contributed by atoms with E-state index in [1.165, 1.54) is 11.8 Å². The van der Waals surface area contributed by atoms with Gasteiger partial charge in [-0.15, -0.1) is 10.2 Å². The van der Waals surface area contributed by atoms with Crippen molar-refractivity contribution in [3.8, 4) is 0 Å². The number of unbranched alkanes of at least 4 members (excludes halogenated alkanes) is 2. The number of carbonyl (C=O) groups is 2. The van der Waals surface area contributed by atoms with Crippen molar-refractivity contribution in [3.63, 3.8) is 0 Å². The van der Waals surface area contributed by atoms with Crippen molar-refractivity contribution >= 4 is 29.3 Å². The van der Waals surface area contributed by atoms with Gasteiger partial charge in [-0.3, -0.25) is 4.79 Å². The molecule has 0 bridgehead atoms. The highest BCUT2D eigenvalue weighted by atomic mass is 32.2. The summed E-state index contributed by atoms with van der Waals surface area (Å²) in [5, 5.41) is 11.5. The fourth-order valence-electron chi connectivity index (χ4n) is 2.27. The van der Waals surface area contributed by atoms with Crippen LogP contribution in [0.25, 0.3) is 0 Å². The van der Waals surface area contributed by atoms with Crippen LogP contribution in [0.4, 0.5) is 5.69 Å². The average molecular weight is 376 g/mol. The number of anilines is 1. The molecule has 0 saturated heterocycles. The molecule has 0 unspecified atom stereocenters. The minimum atomic E-state index is -0.372. The first-order valence-corrected chi connectivity index (χ1v) is 9.70. The van der Waals surface area contributed by atoms with E-state index >= 15 is 0 Å². The Morgan fingerprint density at radius 1 is 1.19 bits per heavy atom. The number of aryl methyl sites for hydroxylation is 1. The first-order chi connectivity index (χ1) is 12.6. The predicted molar refractivity (Wildman–Crippen MR) is 101 cm³/mol. The van der Waals surface area contributed by atoms with Crippen LogP contribution in [0.3, 0.4) is 0 Å². The molecule has 0 aliphatic rings. The predicted octanol–water partition coefficient (Wildman–Crippen LogP) is 3.38. The zero-order valence-electron chi connectivity index (χ0n) is 15.1. The molecule has 0 aliphatic heterocycles. The lowest BCUT2D eigenvalue weighted by atomic mass is 10.2. The van der Waals surface area contributed by atoms with Crippen molar-refractivity contribution in [2.45, 2.75) is 44.8 Å². The number of aromatic nitrogens is 3. The lowest BCUT2D eigenvalue weighted by molar-refractivity contribution is -0.113. The highest BCUT2D eigenvalue weighted by molar-refractivity contribution is 7.99. The second-order valence-electron chi connectivity index (χ2n) is 5.65. The zero-order valence-corrected chi connectivity index (χ0v) is 15.9. The maximum atomic E-state index is 12.1. The molecule has 0 atom stereocenters. The quantitative estimate of drug-likeness (QED) is 0.389. The molecule has 8 heteroatoms. The Hall–Kier alpha value is -2.35. The molecule has 2 rings (SSSR count). The van der Waals surface area contributed by atoms with Crippen LogP contribution in [-0.4, -0.2) is 39.0 Å². The van der Waals surface area contributed by atoms with E-state index < -0.39 is 0 Å². The molecule has 1 aromatic heterocycles. The fraction of sp³-hybridized carbons (Fsp3) is 0.444. The molecule has 140 valence electrons. The molecule has 0 aliphatic carbocycles. The summed E-state index contributed by atoms with van der Waals surface area (Å²) in [4.78, 5) is 23.7. The van der Waals surface area contributed by atoms with E-state index in [2.05, 4.69) is 22.4 Å². The van der Waals surface area contributed by atoms with Crippen molar-refractivity contribution in [2.24, 2.45) is 0 Å². The van der Waals surface area contributed by atoms with Crippen LogP contribution < -0.4 is 5.32 Å². The van der Waals surface area contributed by atoms with Crippen LogP contribution in [0.5, 0.6) is 0 Å². The second-order valence-corrected chi connectivity index (χ2v) is 6.59. The topological polar surface area (TPSA) is 86.1 Å². The summed E-state index contributed by atoms with van der Waals surface area (Å²) in [7, 11) is 0. The zero-order chi connectivity index (χ0) is 18.8. The third-order valence-corrected chi connectivity index (χ3v) is 4.58. The van der Waals surface area contributed by atoms with Crippen LogP contribution in [0.15, 0.2) is 35.7 Å². The van der Waals surface area contributed by atoms with Gasteiger partial charge >= 0.3 is 5.97 Å². The van der Waals surface area contributed by atoms with Gasteiger partial charge in [-0.25, -0.2) is 4.79 Å². The maximum Gasteiger partial charge on any atom is 0.338 e. The normalized spacial score (nSPS) is 10.5. The molecule has 26 heavy (non-hydrogen) atoms. The number of carbonyl (C=O) groups excluding carboxylic acids is 2. The third kappa shape index (κ3) is 6.18. The van der Waals surface area contributed by atoms with E-state index in [9.17, 15) is 9.59 Å². The summed E-state index contributed by atoms with van der Waals surface area (Å²) in [6, 6.07) is 6.63. The Morgan fingerprint density at radius 2 is 1.96 bits per heavy atom. The Balaban J connectivity index is 1.82. The molecule has 7 nitrogen and oxygen atoms in total. The van der Waals surface area contributed by atoms with Crippen molar-refractivity contribution in [3.05, 3.63) is 36.2 Å². The van der Waals surface area contributed by atoms with Gasteiger partial charge in [-0.1, -0.05) is 31.5 Å². The van der Waals surface area contributed by atoms with E-state index in [4.69, 9.17) is 4.74 Å². The molecule has 1 aromatic carbocycles. The number of benzene rings is 1. The van der Waals surface area contributed by atoms with Gasteiger partial charge in [0.2, 0.25) is 5.91 Å². The summed E-state index contributed by atoms with van der Waals surface area (Å²) in [6.45, 7) is 5.11. The van der Waals surface area contributed by atoms with E-state index in [1.807, 2.05) is 4.57 Å². The first-order valence-electron chi connectivity index (χ1n) is 8.71. The summed E-state index contributed by atoms with van der Waals surface area (Å²) in [6.07, 6.45) is 5.08. The van der Waals surface area contributed by atoms with Gasteiger partial charge in [0.05, 0.1) is 17.9 Å². The fourth-order valence-corrected chi connectivity index (χ4v) is 3.01. The summed E-state index contributed by atoms with van der Waals surface area (Å²) in [5.74, 6) is -0.267. The molecule has 0 saturated carbocycles. The average Bonchev–Trinajstić information content (AvgIpc) is 3.08. The lowest BCUT2D eigenvalue weighted by Gasteiger charge is -2.07. The van der Waals surface area contributed by atoms with E-state index in [-0.39, 0.29) is 17.6 Å². The molecular weight excluding hydrogens is 352 g/mol. The number of ether oxygens (including phenoxy) is 1. The minimum absolute atomic E-state index is 0.137. The molecule has 0 spiro atoms. The van der Waals surface area contributed by atoms with Crippen molar-refractivity contribution in [2.75, 3.05) is 17.7 Å². The molecular formula is C18H24N4O3S. The van der Waals surface area contributed by atoms with E-state index in [0.29, 0.717) is 17.9 Å². The minimum Gasteiger partial charge on any atom is -0.462 e. The van der Waals surface area contributed by atoms with Crippen LogP contribution in [-0.2, 0) is 16.1 Å². The van der Waals surface area contributed by atoms with Crippen molar-refractivity contribution < 1.29 is 14.3 Å². The highest BCUT2D eigenvalue weighted by Gasteiger charge is 2.10. The molecule has 1 N–H and O–H groups in total. The molecule has 2 aromatic rings. The molecule has 1 heterocycles. The Morgan fingerprint density at radius 3 is 2.65 bits per heavy atom. The Kier molecular flexibility index (Phi) is 8.14. The van der Waals surface area contributed by atoms with Gasteiger partial charge in [-0.2, -0.15) is 0 Å².